The third-order valence-electron chi connectivity index (χ3n) is 10.9. The molecule has 0 spiro atoms. The first kappa shape index (κ1) is 36.5. The molecule has 0 saturated carbocycles. The standard InChI is InChI=1S/C50H40N5O.Pt/c1-31-23-32(2)48(33(3)24-31)34-25-36(53-30-54-45-18-12-9-15-42(45)52-49(54)41-14-8-10-16-43(41)53)28-38(26-34)56-37-19-20-40-39-13-7-11-17-44(39)55(46(40)29-37)47-27-35(21-22-51-47)50(4,5)6;/h7-27,30H,1-6H3;/q-3;. The van der Waals surface area contributed by atoms with Crippen LogP contribution >= 0.6 is 0 Å². The molecule has 0 saturated heterocycles. The van der Waals surface area contributed by atoms with Crippen LogP contribution in [0.2, 0.25) is 0 Å². The van der Waals surface area contributed by atoms with Gasteiger partial charge in [0.1, 0.15) is 5.82 Å². The molecule has 0 radical (unpaired) electrons. The number of imidazole rings is 1. The zero-order chi connectivity index (χ0) is 38.3. The van der Waals surface area contributed by atoms with Gasteiger partial charge in [-0.05, 0) is 102 Å². The minimum absolute atomic E-state index is 0. The second kappa shape index (κ2) is 13.8. The summed E-state index contributed by atoms with van der Waals surface area (Å²) in [6.45, 7) is 15.3. The number of rotatable bonds is 5. The molecule has 284 valence electrons. The number of hydrogen-bond acceptors (Lipinski definition) is 4. The third kappa shape index (κ3) is 6.20. The van der Waals surface area contributed by atoms with Crippen molar-refractivity contribution in [2.24, 2.45) is 0 Å². The SMILES string of the molecule is Cc1cc(C)c(-c2cc(Oc3[c-]c4c(cc3)c3ccccc3n4-c3cc(C(C)(C)C)ccn3)[c-]c(N3[CH-]n4c(nc5ccccc54)-c4ccccc43)c2)c(C)c1.[Pt]. The molecule has 6 aromatic carbocycles. The Balaban J connectivity index is 0.00000422. The van der Waals surface area contributed by atoms with Crippen LogP contribution in [0.1, 0.15) is 43.0 Å². The van der Waals surface area contributed by atoms with E-state index in [0.29, 0.717) is 11.5 Å². The van der Waals surface area contributed by atoms with Crippen molar-refractivity contribution in [2.45, 2.75) is 47.0 Å². The molecule has 0 amide bonds. The van der Waals surface area contributed by atoms with E-state index in [4.69, 9.17) is 14.7 Å². The summed E-state index contributed by atoms with van der Waals surface area (Å²) >= 11 is 0. The summed E-state index contributed by atoms with van der Waals surface area (Å²) < 4.78 is 11.2. The molecule has 0 aliphatic carbocycles. The predicted molar refractivity (Wildman–Crippen MR) is 228 cm³/mol. The molecule has 1 aliphatic rings. The van der Waals surface area contributed by atoms with Crippen LogP contribution in [0.4, 0.5) is 11.4 Å². The van der Waals surface area contributed by atoms with Gasteiger partial charge in [-0.2, -0.15) is 6.07 Å². The minimum Gasteiger partial charge on any atom is -0.509 e. The molecule has 6 nitrogen and oxygen atoms in total. The number of fused-ring (bicyclic) bond motifs is 8. The largest absolute Gasteiger partial charge is 0.509 e. The van der Waals surface area contributed by atoms with Gasteiger partial charge in [0.05, 0.1) is 0 Å². The molecule has 1 aliphatic heterocycles. The molecule has 10 rings (SSSR count). The normalized spacial score (nSPS) is 12.4. The Morgan fingerprint density at radius 1 is 0.702 bits per heavy atom. The number of ether oxygens (including phenoxy) is 1. The van der Waals surface area contributed by atoms with Gasteiger partial charge in [-0.1, -0.05) is 104 Å². The Labute approximate surface area is 347 Å². The second-order valence-electron chi connectivity index (χ2n) is 15.9. The average Bonchev–Trinajstić information content (AvgIpc) is 3.72. The monoisotopic (exact) mass is 921 g/mol. The maximum atomic E-state index is 6.86. The van der Waals surface area contributed by atoms with Crippen LogP contribution in [0, 0.1) is 39.6 Å². The molecule has 0 N–H and O–H groups in total. The fraction of sp³-hybridized carbons (Fsp3) is 0.140. The zero-order valence-corrected chi connectivity index (χ0v) is 34.9. The first-order valence-electron chi connectivity index (χ1n) is 19.1. The Morgan fingerprint density at radius 3 is 2.25 bits per heavy atom. The van der Waals surface area contributed by atoms with Gasteiger partial charge in [0, 0.05) is 61.3 Å². The van der Waals surface area contributed by atoms with E-state index in [1.807, 2.05) is 18.3 Å². The average molecular weight is 922 g/mol. The van der Waals surface area contributed by atoms with Crippen LogP contribution in [0.25, 0.3) is 61.2 Å². The topological polar surface area (TPSA) is 48.1 Å². The van der Waals surface area contributed by atoms with Crippen molar-refractivity contribution in [1.29, 1.82) is 0 Å². The minimum atomic E-state index is -0.0278. The van der Waals surface area contributed by atoms with E-state index < -0.39 is 0 Å². The summed E-state index contributed by atoms with van der Waals surface area (Å²) in [6, 6.07) is 49.7. The summed E-state index contributed by atoms with van der Waals surface area (Å²) in [5, 5.41) is 2.23. The van der Waals surface area contributed by atoms with Crippen molar-refractivity contribution in [1.82, 2.24) is 19.1 Å². The van der Waals surface area contributed by atoms with E-state index in [1.54, 1.807) is 0 Å². The van der Waals surface area contributed by atoms with Gasteiger partial charge in [-0.3, -0.25) is 0 Å². The molecule has 57 heavy (non-hydrogen) atoms. The van der Waals surface area contributed by atoms with Crippen LogP contribution < -0.4 is 9.64 Å². The molecular weight excluding hydrogens is 882 g/mol. The van der Waals surface area contributed by atoms with E-state index in [1.165, 1.54) is 27.8 Å². The van der Waals surface area contributed by atoms with Crippen LogP contribution in [0.5, 0.6) is 11.5 Å². The molecule has 9 aromatic rings. The van der Waals surface area contributed by atoms with Gasteiger partial charge in [0.15, 0.2) is 0 Å². The molecule has 0 fully saturated rings. The van der Waals surface area contributed by atoms with E-state index in [9.17, 15) is 0 Å². The number of aromatic nitrogens is 4. The van der Waals surface area contributed by atoms with Crippen LogP contribution in [0.15, 0.2) is 128 Å². The van der Waals surface area contributed by atoms with E-state index >= 15 is 0 Å². The Hall–Kier alpha value is -6.10. The predicted octanol–water partition coefficient (Wildman–Crippen LogP) is 12.6. The van der Waals surface area contributed by atoms with Gasteiger partial charge in [-0.15, -0.1) is 41.3 Å². The fourth-order valence-corrected chi connectivity index (χ4v) is 8.38. The van der Waals surface area contributed by atoms with Gasteiger partial charge >= 0.3 is 0 Å². The van der Waals surface area contributed by atoms with E-state index in [2.05, 4.69) is 184 Å². The Kier molecular flexibility index (Phi) is 8.86. The van der Waals surface area contributed by atoms with Crippen LogP contribution in [-0.4, -0.2) is 19.1 Å². The van der Waals surface area contributed by atoms with Gasteiger partial charge in [0.2, 0.25) is 0 Å². The van der Waals surface area contributed by atoms with Crippen molar-refractivity contribution in [3.05, 3.63) is 169 Å². The number of benzene rings is 6. The van der Waals surface area contributed by atoms with Crippen molar-refractivity contribution < 1.29 is 25.8 Å². The maximum absolute atomic E-state index is 6.86. The van der Waals surface area contributed by atoms with Crippen molar-refractivity contribution in [3.63, 3.8) is 0 Å². The molecule has 0 bridgehead atoms. The third-order valence-corrected chi connectivity index (χ3v) is 10.9. The summed E-state index contributed by atoms with van der Waals surface area (Å²) in [5.74, 6) is 2.95. The Bertz CT molecular complexity index is 3000. The number of nitrogens with zero attached hydrogens (tertiary/aromatic N) is 5. The van der Waals surface area contributed by atoms with Crippen LogP contribution in [-0.2, 0) is 26.5 Å². The van der Waals surface area contributed by atoms with Gasteiger partial charge in [0.25, 0.3) is 0 Å². The van der Waals surface area contributed by atoms with Crippen molar-refractivity contribution in [3.8, 4) is 39.8 Å². The number of para-hydroxylation sites is 4. The molecule has 0 atom stereocenters. The zero-order valence-electron chi connectivity index (χ0n) is 32.7. The number of aryl methyl sites for hydroxylation is 3. The number of hydrogen-bond donors (Lipinski definition) is 0. The summed E-state index contributed by atoms with van der Waals surface area (Å²) in [5.41, 5.74) is 14.0. The summed E-state index contributed by atoms with van der Waals surface area (Å²) in [7, 11) is 0. The fourth-order valence-electron chi connectivity index (χ4n) is 8.38. The van der Waals surface area contributed by atoms with Gasteiger partial charge < -0.3 is 23.8 Å². The number of anilines is 2. The smallest absolute Gasteiger partial charge is 0.135 e. The molecule has 7 heteroatoms. The number of pyridine rings is 1. The maximum Gasteiger partial charge on any atom is 0.135 e. The van der Waals surface area contributed by atoms with Gasteiger partial charge in [-0.25, -0.2) is 4.98 Å². The summed E-state index contributed by atoms with van der Waals surface area (Å²) in [4.78, 5) is 12.1. The first-order chi connectivity index (χ1) is 27.1. The molecule has 4 heterocycles. The van der Waals surface area contributed by atoms with Crippen LogP contribution in [0.3, 0.4) is 0 Å². The van der Waals surface area contributed by atoms with E-state index in [-0.39, 0.29) is 26.5 Å². The van der Waals surface area contributed by atoms with Crippen molar-refractivity contribution >= 4 is 44.2 Å². The quantitative estimate of drug-likeness (QED) is 0.161. The Morgan fingerprint density at radius 2 is 1.44 bits per heavy atom. The summed E-state index contributed by atoms with van der Waals surface area (Å²) in [6.07, 6.45) is 1.90. The first-order valence-corrected chi connectivity index (χ1v) is 19.1. The van der Waals surface area contributed by atoms with E-state index in [0.717, 1.165) is 67.0 Å². The molecule has 0 unspecified atom stereocenters. The molecule has 3 aromatic heterocycles. The second-order valence-corrected chi connectivity index (χ2v) is 15.9. The van der Waals surface area contributed by atoms with Crippen molar-refractivity contribution in [2.75, 3.05) is 4.90 Å². The molecular formula is C50H40N5OPt-3.